The number of allylic oxidation sites excluding steroid dienone is 4. The maximum atomic E-state index is 3.19. The van der Waals surface area contributed by atoms with Crippen LogP contribution in [-0.2, 0) is 34.6 Å². The molecule has 1 heterocycles. The molecule has 0 bridgehead atoms. The van der Waals surface area contributed by atoms with Crippen molar-refractivity contribution in [2.45, 2.75) is 46.0 Å². The number of halogens is 2. The van der Waals surface area contributed by atoms with Crippen LogP contribution in [0.1, 0.15) is 44.0 Å². The van der Waals surface area contributed by atoms with Crippen LogP contribution in [0.25, 0.3) is 26.6 Å². The zero-order valence-electron chi connectivity index (χ0n) is 18.6. The SMILES string of the molecule is CC1=[C-]CC=C1C.[Cl-].[Cl-].[Ti+4].c1ccc2[cH-]c(-p3c4c(c5ccccc53)CCCC4)cc2c1. The summed E-state index contributed by atoms with van der Waals surface area (Å²) in [6, 6.07) is 22.8. The van der Waals surface area contributed by atoms with Crippen LogP contribution in [0.5, 0.6) is 0 Å². The van der Waals surface area contributed by atoms with Gasteiger partial charge >= 0.3 is 21.7 Å². The molecule has 0 saturated heterocycles. The van der Waals surface area contributed by atoms with Crippen molar-refractivity contribution < 1.29 is 46.5 Å². The molecule has 2 aliphatic carbocycles. The number of aryl methyl sites for hydroxylation is 1. The molecule has 0 radical (unpaired) electrons. The van der Waals surface area contributed by atoms with Gasteiger partial charge in [-0.3, -0.25) is 6.08 Å². The second kappa shape index (κ2) is 11.8. The molecule has 4 aromatic rings. The average molecular weight is 513 g/mol. The summed E-state index contributed by atoms with van der Waals surface area (Å²) in [5.41, 5.74) is 4.39. The van der Waals surface area contributed by atoms with Crippen molar-refractivity contribution in [1.82, 2.24) is 0 Å². The quantitative estimate of drug-likeness (QED) is 0.272. The predicted molar refractivity (Wildman–Crippen MR) is 129 cm³/mol. The van der Waals surface area contributed by atoms with Crippen LogP contribution in [0.3, 0.4) is 0 Å². The molecule has 0 N–H and O–H groups in total. The third-order valence-electron chi connectivity index (χ3n) is 6.41. The van der Waals surface area contributed by atoms with E-state index in [0.29, 0.717) is 0 Å². The molecule has 162 valence electrons. The molecule has 0 spiro atoms. The van der Waals surface area contributed by atoms with Gasteiger partial charge in [-0.15, -0.1) is 55.9 Å². The van der Waals surface area contributed by atoms with Crippen LogP contribution in [0.4, 0.5) is 0 Å². The summed E-state index contributed by atoms with van der Waals surface area (Å²) in [6.07, 6.45) is 11.7. The van der Waals surface area contributed by atoms with Gasteiger partial charge in [0.25, 0.3) is 0 Å². The molecule has 0 aliphatic heterocycles. The fourth-order valence-electron chi connectivity index (χ4n) is 4.70. The molecule has 1 atom stereocenters. The molecule has 0 amide bonds. The predicted octanol–water partition coefficient (Wildman–Crippen LogP) is 2.66. The normalized spacial score (nSPS) is 14.8. The second-order valence-corrected chi connectivity index (χ2v) is 10.4. The summed E-state index contributed by atoms with van der Waals surface area (Å²) in [4.78, 5) is 0. The smallest absolute Gasteiger partial charge is 1.00 e. The van der Waals surface area contributed by atoms with E-state index >= 15 is 0 Å². The van der Waals surface area contributed by atoms with Gasteiger partial charge in [0.15, 0.2) is 0 Å². The summed E-state index contributed by atoms with van der Waals surface area (Å²) >= 11 is 0. The van der Waals surface area contributed by atoms with Crippen LogP contribution in [-0.4, -0.2) is 0 Å². The number of benzene rings is 2. The molecule has 0 fully saturated rings. The monoisotopic (exact) mass is 512 g/mol. The van der Waals surface area contributed by atoms with Gasteiger partial charge < -0.3 is 24.8 Å². The zero-order chi connectivity index (χ0) is 19.8. The molecule has 1 aromatic heterocycles. The molecule has 32 heavy (non-hydrogen) atoms. The van der Waals surface area contributed by atoms with E-state index in [1.807, 2.05) is 0 Å². The Kier molecular flexibility index (Phi) is 10.0. The van der Waals surface area contributed by atoms with Gasteiger partial charge in [0, 0.05) is 5.12 Å². The van der Waals surface area contributed by atoms with Gasteiger partial charge in [-0.05, 0) is 41.9 Å². The molecule has 4 heteroatoms. The van der Waals surface area contributed by atoms with Gasteiger partial charge in [-0.2, -0.15) is 12.1 Å². The maximum absolute atomic E-state index is 3.19. The second-order valence-electron chi connectivity index (χ2n) is 8.22. The first-order valence-corrected chi connectivity index (χ1v) is 12.1. The van der Waals surface area contributed by atoms with Crippen molar-refractivity contribution in [3.63, 3.8) is 0 Å². The zero-order valence-corrected chi connectivity index (χ0v) is 22.6. The van der Waals surface area contributed by atoms with Crippen molar-refractivity contribution in [3.05, 3.63) is 94.8 Å². The van der Waals surface area contributed by atoms with Crippen molar-refractivity contribution >= 4 is 28.8 Å². The van der Waals surface area contributed by atoms with Crippen molar-refractivity contribution in [2.75, 3.05) is 0 Å². The average Bonchev–Trinajstić information content (AvgIpc) is 3.43. The topological polar surface area (TPSA) is 0 Å². The standard InChI is InChI=1S/C21H18P.C7H9.2ClH.Ti/c1-2-8-16-14-17(13-15(16)7-1)22-20-11-5-3-9-18(20)19-10-4-6-12-21(19)22;1-6-4-3-5-7(6)2;;;/h1-3,5,7-9,11,13-14H,4,6,10,12H2;4H,3H2,1-2H3;2*1H;/q2*-1;;;+4/p-2. The Balaban J connectivity index is 0.000000317. The number of hydrogen-bond acceptors (Lipinski definition) is 0. The maximum Gasteiger partial charge on any atom is 4.00 e. The molecular weight excluding hydrogens is 486 g/mol. The minimum atomic E-state index is -0.281. The summed E-state index contributed by atoms with van der Waals surface area (Å²) in [5, 5.41) is 9.24. The van der Waals surface area contributed by atoms with Crippen molar-refractivity contribution in [3.8, 4) is 5.30 Å². The number of fused-ring (bicyclic) bond motifs is 4. The third kappa shape index (κ3) is 5.17. The Hall–Kier alpha value is -1.14. The first-order chi connectivity index (χ1) is 14.2. The largest absolute Gasteiger partial charge is 4.00 e. The van der Waals surface area contributed by atoms with E-state index in [4.69, 9.17) is 0 Å². The number of rotatable bonds is 1. The Morgan fingerprint density at radius 2 is 1.62 bits per heavy atom. The molecule has 0 saturated carbocycles. The fraction of sp³-hybridized carbons (Fsp3) is 0.250. The van der Waals surface area contributed by atoms with Crippen molar-refractivity contribution in [2.24, 2.45) is 0 Å². The Labute approximate surface area is 220 Å². The van der Waals surface area contributed by atoms with Gasteiger partial charge in [0.1, 0.15) is 0 Å². The summed E-state index contributed by atoms with van der Waals surface area (Å²) in [5.74, 6) is 0. The van der Waals surface area contributed by atoms with E-state index < -0.39 is 0 Å². The van der Waals surface area contributed by atoms with E-state index in [-0.39, 0.29) is 54.1 Å². The first kappa shape index (κ1) is 27.1. The van der Waals surface area contributed by atoms with E-state index in [1.165, 1.54) is 47.6 Å². The Morgan fingerprint density at radius 3 is 2.31 bits per heavy atom. The molecular formula is C28H27Cl2PTi. The van der Waals surface area contributed by atoms with Crippen LogP contribution >= 0.6 is 7.53 Å². The third-order valence-corrected chi connectivity index (χ3v) is 9.09. The van der Waals surface area contributed by atoms with Crippen LogP contribution in [0.15, 0.2) is 77.9 Å². The summed E-state index contributed by atoms with van der Waals surface area (Å²) in [6.45, 7) is 4.22. The molecule has 6 rings (SSSR count). The Morgan fingerprint density at radius 1 is 0.906 bits per heavy atom. The van der Waals surface area contributed by atoms with E-state index in [0.717, 1.165) is 6.42 Å². The van der Waals surface area contributed by atoms with Gasteiger partial charge in [-0.1, -0.05) is 42.6 Å². The molecule has 3 aromatic carbocycles. The first-order valence-electron chi connectivity index (χ1n) is 10.7. The van der Waals surface area contributed by atoms with Gasteiger partial charge in [0.2, 0.25) is 0 Å². The summed E-state index contributed by atoms with van der Waals surface area (Å²) in [7, 11) is -0.281. The fourth-order valence-corrected chi connectivity index (χ4v) is 7.69. The van der Waals surface area contributed by atoms with E-state index in [1.54, 1.807) is 26.7 Å². The summed E-state index contributed by atoms with van der Waals surface area (Å²) < 4.78 is 0. The van der Waals surface area contributed by atoms with E-state index in [9.17, 15) is 0 Å². The van der Waals surface area contributed by atoms with Crippen molar-refractivity contribution in [1.29, 1.82) is 0 Å². The minimum Gasteiger partial charge on any atom is -1.00 e. The van der Waals surface area contributed by atoms with Crippen LogP contribution < -0.4 is 24.8 Å². The minimum absolute atomic E-state index is 0. The molecule has 1 unspecified atom stereocenters. The van der Waals surface area contributed by atoms with Gasteiger partial charge in [0.05, 0.1) is 0 Å². The van der Waals surface area contributed by atoms with Crippen LogP contribution in [0.2, 0.25) is 0 Å². The number of hydrogen-bond donors (Lipinski definition) is 0. The molecule has 2 aliphatic rings. The van der Waals surface area contributed by atoms with Gasteiger partial charge in [-0.25, -0.2) is 11.1 Å². The Bertz CT molecular complexity index is 1210. The van der Waals surface area contributed by atoms with E-state index in [2.05, 4.69) is 86.7 Å². The van der Waals surface area contributed by atoms with Crippen LogP contribution in [0, 0.1) is 6.08 Å². The molecule has 0 nitrogen and oxygen atoms in total.